The SMILES string of the molecule is CCc1ccc([C@@H](C)NC(=O)COC(=O)c2ccccc2OC)cc1. The van der Waals surface area contributed by atoms with Gasteiger partial charge in [-0.3, -0.25) is 4.79 Å². The number of benzene rings is 2. The Bertz CT molecular complexity index is 725. The van der Waals surface area contributed by atoms with Gasteiger partial charge in [0.25, 0.3) is 5.91 Å². The Morgan fingerprint density at radius 3 is 2.40 bits per heavy atom. The van der Waals surface area contributed by atoms with Crippen LogP contribution in [0.5, 0.6) is 5.75 Å². The Balaban J connectivity index is 1.88. The van der Waals surface area contributed by atoms with Gasteiger partial charge in [0.15, 0.2) is 6.61 Å². The molecule has 0 saturated heterocycles. The molecule has 132 valence electrons. The largest absolute Gasteiger partial charge is 0.496 e. The fraction of sp³-hybridized carbons (Fsp3) is 0.300. The molecule has 0 unspecified atom stereocenters. The van der Waals surface area contributed by atoms with E-state index in [1.165, 1.54) is 12.7 Å². The van der Waals surface area contributed by atoms with Crippen molar-refractivity contribution in [2.45, 2.75) is 26.3 Å². The van der Waals surface area contributed by atoms with Crippen molar-refractivity contribution < 1.29 is 19.1 Å². The Hall–Kier alpha value is -2.82. The summed E-state index contributed by atoms with van der Waals surface area (Å²) < 4.78 is 10.2. The van der Waals surface area contributed by atoms with Gasteiger partial charge < -0.3 is 14.8 Å². The zero-order valence-corrected chi connectivity index (χ0v) is 14.7. The van der Waals surface area contributed by atoms with Crippen molar-refractivity contribution in [1.29, 1.82) is 0 Å². The van der Waals surface area contributed by atoms with Crippen molar-refractivity contribution in [2.24, 2.45) is 0 Å². The lowest BCUT2D eigenvalue weighted by Crippen LogP contribution is -2.31. The number of nitrogens with one attached hydrogen (secondary N) is 1. The summed E-state index contributed by atoms with van der Waals surface area (Å²) in [5, 5.41) is 2.82. The summed E-state index contributed by atoms with van der Waals surface area (Å²) >= 11 is 0. The maximum atomic E-state index is 12.1. The molecule has 0 aliphatic heterocycles. The molecule has 0 aromatic heterocycles. The summed E-state index contributed by atoms with van der Waals surface area (Å²) in [5.74, 6) is -0.528. The molecule has 2 aromatic carbocycles. The molecule has 0 radical (unpaired) electrons. The van der Waals surface area contributed by atoms with Gasteiger partial charge in [0.05, 0.1) is 13.2 Å². The summed E-state index contributed by atoms with van der Waals surface area (Å²) in [7, 11) is 1.48. The van der Waals surface area contributed by atoms with E-state index in [1.54, 1.807) is 24.3 Å². The molecular formula is C20H23NO4. The van der Waals surface area contributed by atoms with Crippen molar-refractivity contribution >= 4 is 11.9 Å². The molecule has 0 fully saturated rings. The molecule has 2 aromatic rings. The fourth-order valence-electron chi connectivity index (χ4n) is 2.43. The highest BCUT2D eigenvalue weighted by atomic mass is 16.5. The molecule has 0 bridgehead atoms. The summed E-state index contributed by atoms with van der Waals surface area (Å²) in [6.07, 6.45) is 0.972. The van der Waals surface area contributed by atoms with E-state index >= 15 is 0 Å². The molecule has 1 atom stereocenters. The minimum Gasteiger partial charge on any atom is -0.496 e. The number of carbonyl (C=O) groups excluding carboxylic acids is 2. The maximum Gasteiger partial charge on any atom is 0.342 e. The van der Waals surface area contributed by atoms with Gasteiger partial charge >= 0.3 is 5.97 Å². The maximum absolute atomic E-state index is 12.1. The van der Waals surface area contributed by atoms with Crippen LogP contribution in [0.3, 0.4) is 0 Å². The van der Waals surface area contributed by atoms with Gasteiger partial charge in [-0.15, -0.1) is 0 Å². The molecule has 0 heterocycles. The first-order valence-electron chi connectivity index (χ1n) is 8.23. The molecule has 0 spiro atoms. The lowest BCUT2D eigenvalue weighted by molar-refractivity contribution is -0.124. The van der Waals surface area contributed by atoms with Crippen molar-refractivity contribution in [3.05, 3.63) is 65.2 Å². The third-order valence-electron chi connectivity index (χ3n) is 3.93. The van der Waals surface area contributed by atoms with Gasteiger partial charge in [-0.05, 0) is 36.6 Å². The van der Waals surface area contributed by atoms with Gasteiger partial charge in [0.1, 0.15) is 11.3 Å². The number of carbonyl (C=O) groups is 2. The van der Waals surface area contributed by atoms with Crippen LogP contribution in [-0.2, 0) is 16.0 Å². The summed E-state index contributed by atoms with van der Waals surface area (Å²) in [4.78, 5) is 24.1. The van der Waals surface area contributed by atoms with Gasteiger partial charge in [-0.2, -0.15) is 0 Å². The van der Waals surface area contributed by atoms with Gasteiger partial charge in [-0.1, -0.05) is 43.3 Å². The second-order valence-electron chi connectivity index (χ2n) is 5.66. The average Bonchev–Trinajstić information content (AvgIpc) is 2.66. The zero-order valence-electron chi connectivity index (χ0n) is 14.7. The van der Waals surface area contributed by atoms with Crippen LogP contribution in [0, 0.1) is 0 Å². The highest BCUT2D eigenvalue weighted by Crippen LogP contribution is 2.18. The molecule has 0 aliphatic rings. The first kappa shape index (κ1) is 18.5. The van der Waals surface area contributed by atoms with Crippen molar-refractivity contribution in [2.75, 3.05) is 13.7 Å². The van der Waals surface area contributed by atoms with E-state index in [-0.39, 0.29) is 18.6 Å². The molecule has 5 heteroatoms. The van der Waals surface area contributed by atoms with Gasteiger partial charge in [-0.25, -0.2) is 4.79 Å². The molecular weight excluding hydrogens is 318 g/mol. The number of rotatable bonds is 7. The zero-order chi connectivity index (χ0) is 18.2. The third kappa shape index (κ3) is 5.08. The molecule has 1 amide bonds. The van der Waals surface area contributed by atoms with Crippen molar-refractivity contribution in [3.8, 4) is 5.75 Å². The lowest BCUT2D eigenvalue weighted by atomic mass is 10.1. The van der Waals surface area contributed by atoms with E-state index < -0.39 is 5.97 Å². The number of hydrogen-bond acceptors (Lipinski definition) is 4. The highest BCUT2D eigenvalue weighted by molar-refractivity contribution is 5.94. The van der Waals surface area contributed by atoms with E-state index in [2.05, 4.69) is 12.2 Å². The van der Waals surface area contributed by atoms with E-state index in [0.29, 0.717) is 11.3 Å². The molecule has 1 N–H and O–H groups in total. The quantitative estimate of drug-likeness (QED) is 0.785. The van der Waals surface area contributed by atoms with Crippen LogP contribution in [0.2, 0.25) is 0 Å². The van der Waals surface area contributed by atoms with Crippen LogP contribution < -0.4 is 10.1 Å². The van der Waals surface area contributed by atoms with E-state index in [0.717, 1.165) is 12.0 Å². The van der Waals surface area contributed by atoms with Gasteiger partial charge in [0, 0.05) is 0 Å². The topological polar surface area (TPSA) is 64.6 Å². The number of para-hydroxylation sites is 1. The highest BCUT2D eigenvalue weighted by Gasteiger charge is 2.16. The number of amides is 1. The minimum absolute atomic E-state index is 0.164. The lowest BCUT2D eigenvalue weighted by Gasteiger charge is -2.15. The van der Waals surface area contributed by atoms with Crippen LogP contribution in [-0.4, -0.2) is 25.6 Å². The van der Waals surface area contributed by atoms with Crippen LogP contribution in [0.15, 0.2) is 48.5 Å². The Morgan fingerprint density at radius 1 is 1.08 bits per heavy atom. The third-order valence-corrected chi connectivity index (χ3v) is 3.93. The molecule has 25 heavy (non-hydrogen) atoms. The number of ether oxygens (including phenoxy) is 2. The standard InChI is InChI=1S/C20H23NO4/c1-4-15-9-11-16(12-10-15)14(2)21-19(22)13-25-20(23)17-7-5-6-8-18(17)24-3/h5-12,14H,4,13H2,1-3H3,(H,21,22)/t14-/m1/s1. The first-order valence-corrected chi connectivity index (χ1v) is 8.23. The summed E-state index contributed by atoms with van der Waals surface area (Å²) in [5.41, 5.74) is 2.54. The van der Waals surface area contributed by atoms with Crippen molar-refractivity contribution in [1.82, 2.24) is 5.32 Å². The second kappa shape index (κ2) is 8.87. The smallest absolute Gasteiger partial charge is 0.342 e. The van der Waals surface area contributed by atoms with Crippen LogP contribution >= 0.6 is 0 Å². The molecule has 2 rings (SSSR count). The molecule has 5 nitrogen and oxygen atoms in total. The number of esters is 1. The summed E-state index contributed by atoms with van der Waals surface area (Å²) in [6, 6.07) is 14.6. The van der Waals surface area contributed by atoms with Crippen molar-refractivity contribution in [3.63, 3.8) is 0 Å². The number of hydrogen-bond donors (Lipinski definition) is 1. The predicted octanol–water partition coefficient (Wildman–Crippen LogP) is 3.29. The van der Waals surface area contributed by atoms with Gasteiger partial charge in [0.2, 0.25) is 0 Å². The molecule has 0 aliphatic carbocycles. The molecule has 0 saturated carbocycles. The fourth-order valence-corrected chi connectivity index (χ4v) is 2.43. The van der Waals surface area contributed by atoms with E-state index in [1.807, 2.05) is 31.2 Å². The summed E-state index contributed by atoms with van der Waals surface area (Å²) in [6.45, 7) is 3.64. The van der Waals surface area contributed by atoms with Crippen LogP contribution in [0.4, 0.5) is 0 Å². The Morgan fingerprint density at radius 2 is 1.76 bits per heavy atom. The number of methoxy groups -OCH3 is 1. The van der Waals surface area contributed by atoms with E-state index in [4.69, 9.17) is 9.47 Å². The van der Waals surface area contributed by atoms with E-state index in [9.17, 15) is 9.59 Å². The Labute approximate surface area is 148 Å². The second-order valence-corrected chi connectivity index (χ2v) is 5.66. The average molecular weight is 341 g/mol. The first-order chi connectivity index (χ1) is 12.0. The van der Waals surface area contributed by atoms with Crippen LogP contribution in [0.1, 0.15) is 41.4 Å². The Kier molecular flexibility index (Phi) is 6.57. The van der Waals surface area contributed by atoms with Crippen LogP contribution in [0.25, 0.3) is 0 Å². The number of aryl methyl sites for hydroxylation is 1. The predicted molar refractivity (Wildman–Crippen MR) is 95.7 cm³/mol. The normalized spacial score (nSPS) is 11.5. The monoisotopic (exact) mass is 341 g/mol. The minimum atomic E-state index is -0.590.